The molecule has 25 heavy (non-hydrogen) atoms. The zero-order chi connectivity index (χ0) is 18.2. The maximum atomic E-state index is 13.1. The van der Waals surface area contributed by atoms with Gasteiger partial charge < -0.3 is 9.53 Å². The van der Waals surface area contributed by atoms with Crippen LogP contribution in [-0.4, -0.2) is 28.7 Å². The number of benzene rings is 1. The molecule has 0 amide bonds. The first-order valence-electron chi connectivity index (χ1n) is 8.12. The molecule has 0 bridgehead atoms. The molecule has 1 unspecified atom stereocenters. The van der Waals surface area contributed by atoms with Gasteiger partial charge in [0.1, 0.15) is 12.0 Å². The minimum atomic E-state index is -0.451. The molecule has 130 valence electrons. The molecule has 4 nitrogen and oxygen atoms in total. The average Bonchev–Trinajstić information content (AvgIpc) is 2.86. The van der Waals surface area contributed by atoms with E-state index in [0.29, 0.717) is 17.7 Å². The predicted molar refractivity (Wildman–Crippen MR) is 99.7 cm³/mol. The second-order valence-corrected chi connectivity index (χ2v) is 7.30. The number of rotatable bonds is 4. The van der Waals surface area contributed by atoms with Gasteiger partial charge in [0.05, 0.1) is 17.5 Å². The van der Waals surface area contributed by atoms with Crippen LogP contribution in [0.2, 0.25) is 0 Å². The molecular weight excluding hydrogens is 338 g/mol. The third-order valence-electron chi connectivity index (χ3n) is 4.61. The molecule has 0 aliphatic heterocycles. The molecule has 5 heteroatoms. The summed E-state index contributed by atoms with van der Waals surface area (Å²) in [6, 6.07) is 5.54. The maximum Gasteiger partial charge on any atom is 0.262 e. The summed E-state index contributed by atoms with van der Waals surface area (Å²) < 4.78 is 6.95. The summed E-state index contributed by atoms with van der Waals surface area (Å²) in [7, 11) is 1.59. The summed E-state index contributed by atoms with van der Waals surface area (Å²) in [6.45, 7) is 3.77. The van der Waals surface area contributed by atoms with Crippen molar-refractivity contribution in [2.75, 3.05) is 7.11 Å². The molecule has 3 rings (SSSR count). The third-order valence-corrected chi connectivity index (χ3v) is 4.89. The summed E-state index contributed by atoms with van der Waals surface area (Å²) in [6.07, 6.45) is 7.19. The second-order valence-electron chi connectivity index (χ2n) is 6.43. The van der Waals surface area contributed by atoms with Gasteiger partial charge in [0.15, 0.2) is 0 Å². The Morgan fingerprint density at radius 3 is 2.80 bits per heavy atom. The van der Waals surface area contributed by atoms with Crippen LogP contribution >= 0.6 is 11.6 Å². The van der Waals surface area contributed by atoms with Gasteiger partial charge in [-0.3, -0.25) is 9.36 Å². The van der Waals surface area contributed by atoms with Crippen molar-refractivity contribution in [1.82, 2.24) is 4.57 Å². The number of methoxy groups -OCH3 is 1. The number of carbonyl (C=O) groups is 2. The maximum absolute atomic E-state index is 13.1. The fraction of sp³-hybridized carbons (Fsp3) is 0.300. The smallest absolute Gasteiger partial charge is 0.262 e. The number of fused-ring (bicyclic) bond motifs is 1. The van der Waals surface area contributed by atoms with Gasteiger partial charge in [-0.2, -0.15) is 0 Å². The zero-order valence-electron chi connectivity index (χ0n) is 14.5. The topological polar surface area (TPSA) is 48.3 Å². The highest BCUT2D eigenvalue weighted by Crippen LogP contribution is 2.32. The number of alkyl halides is 1. The summed E-state index contributed by atoms with van der Waals surface area (Å²) in [4.78, 5) is 23.8. The molecule has 2 aromatic rings. The Labute approximate surface area is 151 Å². The van der Waals surface area contributed by atoms with Crippen molar-refractivity contribution in [3.05, 3.63) is 53.3 Å². The van der Waals surface area contributed by atoms with Gasteiger partial charge in [-0.25, -0.2) is 0 Å². The lowest BCUT2D eigenvalue weighted by Crippen LogP contribution is -2.20. The van der Waals surface area contributed by atoms with Crippen molar-refractivity contribution >= 4 is 34.7 Å². The molecule has 1 heterocycles. The minimum Gasteiger partial charge on any atom is -0.497 e. The number of hydrogen-bond acceptors (Lipinski definition) is 3. The number of ether oxygens (including phenoxy) is 1. The van der Waals surface area contributed by atoms with Crippen LogP contribution in [0.15, 0.2) is 42.0 Å². The fourth-order valence-corrected chi connectivity index (χ4v) is 3.33. The van der Waals surface area contributed by atoms with Crippen molar-refractivity contribution in [2.24, 2.45) is 0 Å². The van der Waals surface area contributed by atoms with Crippen LogP contribution in [0.3, 0.4) is 0 Å². The van der Waals surface area contributed by atoms with Crippen LogP contribution in [0.4, 0.5) is 0 Å². The van der Waals surface area contributed by atoms with E-state index in [1.165, 1.54) is 0 Å². The molecule has 1 aliphatic rings. The van der Waals surface area contributed by atoms with Crippen molar-refractivity contribution in [1.29, 1.82) is 0 Å². The van der Waals surface area contributed by atoms with E-state index in [0.717, 1.165) is 28.4 Å². The Balaban J connectivity index is 2.14. The minimum absolute atomic E-state index is 0.117. The van der Waals surface area contributed by atoms with E-state index in [-0.39, 0.29) is 12.3 Å². The van der Waals surface area contributed by atoms with Crippen molar-refractivity contribution in [3.8, 4) is 5.75 Å². The first kappa shape index (κ1) is 17.5. The third kappa shape index (κ3) is 3.14. The van der Waals surface area contributed by atoms with Gasteiger partial charge in [0.2, 0.25) is 0 Å². The molecule has 1 aromatic heterocycles. The predicted octanol–water partition coefficient (Wildman–Crippen LogP) is 4.22. The summed E-state index contributed by atoms with van der Waals surface area (Å²) >= 11 is 6.29. The first-order chi connectivity index (χ1) is 11.9. The Kier molecular flexibility index (Phi) is 4.56. The standard InChI is InChI=1S/C20H20ClNO3/c1-13-16(8-11-23)17-12-15(25-3)4-5-18(17)22(13)19(24)14-6-9-20(2,21)10-7-14/h4-7,9,11-12H,8,10H2,1-3H3. The molecule has 0 saturated heterocycles. The van der Waals surface area contributed by atoms with Crippen LogP contribution in [-0.2, 0) is 11.2 Å². The fourth-order valence-electron chi connectivity index (χ4n) is 3.19. The van der Waals surface area contributed by atoms with Gasteiger partial charge in [0.25, 0.3) is 5.91 Å². The first-order valence-corrected chi connectivity index (χ1v) is 8.50. The number of aromatic nitrogens is 1. The van der Waals surface area contributed by atoms with Crippen LogP contribution < -0.4 is 4.74 Å². The van der Waals surface area contributed by atoms with Gasteiger partial charge in [-0.1, -0.05) is 18.2 Å². The van der Waals surface area contributed by atoms with E-state index >= 15 is 0 Å². The molecule has 1 aromatic carbocycles. The van der Waals surface area contributed by atoms with E-state index in [1.54, 1.807) is 17.8 Å². The molecule has 0 spiro atoms. The van der Waals surface area contributed by atoms with Gasteiger partial charge >= 0.3 is 0 Å². The SMILES string of the molecule is COc1ccc2c(c1)c(CC=O)c(C)n2C(=O)C1=CCC(C)(Cl)C=C1. The summed E-state index contributed by atoms with van der Waals surface area (Å²) in [5.41, 5.74) is 2.99. The molecule has 0 saturated carbocycles. The van der Waals surface area contributed by atoms with Gasteiger partial charge in [-0.05, 0) is 44.0 Å². The van der Waals surface area contributed by atoms with Crippen LogP contribution in [0.5, 0.6) is 5.75 Å². The van der Waals surface area contributed by atoms with E-state index in [2.05, 4.69) is 0 Å². The zero-order valence-corrected chi connectivity index (χ0v) is 15.3. The lowest BCUT2D eigenvalue weighted by molar-refractivity contribution is -0.107. The number of carbonyl (C=O) groups excluding carboxylic acids is 2. The second kappa shape index (κ2) is 6.52. The van der Waals surface area contributed by atoms with Crippen LogP contribution in [0.25, 0.3) is 10.9 Å². The number of nitrogens with zero attached hydrogens (tertiary/aromatic N) is 1. The van der Waals surface area contributed by atoms with Crippen molar-refractivity contribution in [2.45, 2.75) is 31.6 Å². The Hall–Kier alpha value is -2.33. The largest absolute Gasteiger partial charge is 0.497 e. The molecule has 0 radical (unpaired) electrons. The normalized spacial score (nSPS) is 19.8. The lowest BCUT2D eigenvalue weighted by Gasteiger charge is -2.20. The highest BCUT2D eigenvalue weighted by Gasteiger charge is 2.25. The molecule has 1 atom stereocenters. The van der Waals surface area contributed by atoms with E-state index in [1.807, 2.05) is 44.2 Å². The monoisotopic (exact) mass is 357 g/mol. The molecular formula is C20H20ClNO3. The van der Waals surface area contributed by atoms with Crippen molar-refractivity contribution < 1.29 is 14.3 Å². The highest BCUT2D eigenvalue weighted by atomic mass is 35.5. The van der Waals surface area contributed by atoms with Gasteiger partial charge in [0, 0.05) is 23.1 Å². The highest BCUT2D eigenvalue weighted by molar-refractivity contribution is 6.25. The van der Waals surface area contributed by atoms with E-state index < -0.39 is 4.87 Å². The lowest BCUT2D eigenvalue weighted by atomic mass is 9.97. The average molecular weight is 358 g/mol. The molecule has 1 aliphatic carbocycles. The van der Waals surface area contributed by atoms with Crippen molar-refractivity contribution in [3.63, 3.8) is 0 Å². The molecule has 0 N–H and O–H groups in total. The quantitative estimate of drug-likeness (QED) is 0.608. The summed E-state index contributed by atoms with van der Waals surface area (Å²) in [5, 5.41) is 0.861. The number of allylic oxidation sites excluding steroid dienone is 4. The Morgan fingerprint density at radius 2 is 2.20 bits per heavy atom. The van der Waals surface area contributed by atoms with Crippen LogP contribution in [0, 0.1) is 6.92 Å². The van der Waals surface area contributed by atoms with Crippen LogP contribution in [0.1, 0.15) is 29.4 Å². The number of halogens is 1. The number of aldehydes is 1. The number of hydrogen-bond donors (Lipinski definition) is 0. The Bertz CT molecular complexity index is 919. The summed E-state index contributed by atoms with van der Waals surface area (Å²) in [5.74, 6) is 0.576. The van der Waals surface area contributed by atoms with E-state index in [4.69, 9.17) is 16.3 Å². The Morgan fingerprint density at radius 1 is 1.44 bits per heavy atom. The van der Waals surface area contributed by atoms with Gasteiger partial charge in [-0.15, -0.1) is 11.6 Å². The molecule has 0 fully saturated rings. The van der Waals surface area contributed by atoms with E-state index in [9.17, 15) is 9.59 Å².